The van der Waals surface area contributed by atoms with Gasteiger partial charge in [-0.05, 0) is 49.2 Å². The molecule has 0 atom stereocenters. The summed E-state index contributed by atoms with van der Waals surface area (Å²) in [5, 5.41) is 2.79. The van der Waals surface area contributed by atoms with E-state index in [9.17, 15) is 14.0 Å². The molecule has 7 nitrogen and oxygen atoms in total. The van der Waals surface area contributed by atoms with Gasteiger partial charge in [0.2, 0.25) is 11.9 Å². The fourth-order valence-electron chi connectivity index (χ4n) is 4.04. The monoisotopic (exact) mass is 518 g/mol. The highest BCUT2D eigenvalue weighted by Crippen LogP contribution is 2.30. The van der Waals surface area contributed by atoms with Gasteiger partial charge >= 0.3 is 0 Å². The number of nitrogens with zero attached hydrogens (tertiary/aromatic N) is 3. The van der Waals surface area contributed by atoms with Crippen LogP contribution in [-0.2, 0) is 4.79 Å². The van der Waals surface area contributed by atoms with Crippen LogP contribution < -0.4 is 10.1 Å². The maximum Gasteiger partial charge on any atom is 0.254 e. The molecule has 1 aromatic heterocycles. The predicted molar refractivity (Wildman–Crippen MR) is 140 cm³/mol. The number of aromatic nitrogens is 2. The molecule has 1 N–H and O–H groups in total. The summed E-state index contributed by atoms with van der Waals surface area (Å²) in [5.41, 5.74) is 2.44. The molecule has 1 saturated carbocycles. The second-order valence-electron chi connectivity index (χ2n) is 8.73. The Hall–Kier alpha value is -4.17. The van der Waals surface area contributed by atoms with Gasteiger partial charge in [0.05, 0.1) is 23.5 Å². The zero-order chi connectivity index (χ0) is 25.9. The van der Waals surface area contributed by atoms with Gasteiger partial charge in [-0.15, -0.1) is 0 Å². The van der Waals surface area contributed by atoms with Gasteiger partial charge in [0.1, 0.15) is 18.1 Å². The number of amides is 2. The smallest absolute Gasteiger partial charge is 0.254 e. The van der Waals surface area contributed by atoms with Crippen molar-refractivity contribution in [2.45, 2.75) is 18.9 Å². The third kappa shape index (κ3) is 5.49. The van der Waals surface area contributed by atoms with E-state index in [0.29, 0.717) is 22.7 Å². The number of hydrogen-bond acceptors (Lipinski definition) is 4. The Morgan fingerprint density at radius 3 is 2.59 bits per heavy atom. The average Bonchev–Trinajstić information content (AvgIpc) is 3.68. The van der Waals surface area contributed by atoms with Crippen molar-refractivity contribution in [3.05, 3.63) is 95.4 Å². The second-order valence-corrected chi connectivity index (χ2v) is 9.14. The number of hydrogen-bond donors (Lipinski definition) is 1. The van der Waals surface area contributed by atoms with E-state index in [0.717, 1.165) is 18.4 Å². The summed E-state index contributed by atoms with van der Waals surface area (Å²) in [6, 6.07) is 20.6. The number of methoxy groups -OCH3 is 1. The Labute approximate surface area is 218 Å². The normalized spacial score (nSPS) is 12.7. The first-order valence-corrected chi connectivity index (χ1v) is 12.2. The number of carbonyl (C=O) groups excluding carboxylic acids is 2. The van der Waals surface area contributed by atoms with E-state index >= 15 is 0 Å². The first-order chi connectivity index (χ1) is 17.9. The summed E-state index contributed by atoms with van der Waals surface area (Å²) in [5.74, 6) is -0.385. The third-order valence-electron chi connectivity index (χ3n) is 6.09. The van der Waals surface area contributed by atoms with Gasteiger partial charge in [0, 0.05) is 23.4 Å². The fraction of sp³-hybridized carbons (Fsp3) is 0.179. The van der Waals surface area contributed by atoms with Crippen molar-refractivity contribution in [2.75, 3.05) is 19.0 Å². The van der Waals surface area contributed by atoms with Crippen LogP contribution >= 0.6 is 11.6 Å². The van der Waals surface area contributed by atoms with Crippen molar-refractivity contribution in [3.8, 4) is 22.7 Å². The standard InChI is InChI=1S/C28H24ClFN4O3/c1-37-22-9-5-8-19(14-22)27(36)33(20-10-11-20)17-26(35)32-28-31-25(18-6-3-2-4-7-18)16-34(28)21-12-13-24(30)23(29)15-21/h2-9,12-16,20H,10-11,17H2,1H3,(H,31,32,35). The number of imidazole rings is 1. The van der Waals surface area contributed by atoms with E-state index in [1.807, 2.05) is 30.3 Å². The van der Waals surface area contributed by atoms with Crippen LogP contribution in [0.5, 0.6) is 5.75 Å². The zero-order valence-corrected chi connectivity index (χ0v) is 20.8. The first kappa shape index (κ1) is 24.5. The fourth-order valence-corrected chi connectivity index (χ4v) is 4.22. The van der Waals surface area contributed by atoms with Crippen molar-refractivity contribution in [2.24, 2.45) is 0 Å². The van der Waals surface area contributed by atoms with E-state index < -0.39 is 11.7 Å². The summed E-state index contributed by atoms with van der Waals surface area (Å²) < 4.78 is 20.7. The first-order valence-electron chi connectivity index (χ1n) is 11.8. The van der Waals surface area contributed by atoms with Gasteiger partial charge in [-0.25, -0.2) is 9.37 Å². The topological polar surface area (TPSA) is 76.5 Å². The van der Waals surface area contributed by atoms with E-state index in [4.69, 9.17) is 16.3 Å². The molecule has 188 valence electrons. The molecule has 0 bridgehead atoms. The summed E-state index contributed by atoms with van der Waals surface area (Å²) in [6.45, 7) is -0.140. The third-order valence-corrected chi connectivity index (χ3v) is 6.38. The number of nitrogens with one attached hydrogen (secondary N) is 1. The molecule has 5 rings (SSSR count). The molecule has 0 unspecified atom stereocenters. The van der Waals surface area contributed by atoms with Crippen molar-refractivity contribution >= 4 is 29.4 Å². The van der Waals surface area contributed by atoms with Gasteiger partial charge in [0.15, 0.2) is 0 Å². The summed E-state index contributed by atoms with van der Waals surface area (Å²) in [7, 11) is 1.54. The van der Waals surface area contributed by atoms with E-state index in [2.05, 4.69) is 10.3 Å². The van der Waals surface area contributed by atoms with Crippen molar-refractivity contribution < 1.29 is 18.7 Å². The van der Waals surface area contributed by atoms with Crippen molar-refractivity contribution in [1.82, 2.24) is 14.5 Å². The second kappa shape index (κ2) is 10.4. The Morgan fingerprint density at radius 1 is 1.11 bits per heavy atom. The molecule has 37 heavy (non-hydrogen) atoms. The average molecular weight is 519 g/mol. The number of anilines is 1. The minimum atomic E-state index is -0.546. The van der Waals surface area contributed by atoms with Gasteiger partial charge in [0.25, 0.3) is 5.91 Å². The van der Waals surface area contributed by atoms with Crippen molar-refractivity contribution in [1.29, 1.82) is 0 Å². The molecule has 1 aliphatic carbocycles. The van der Waals surface area contributed by atoms with Crippen LogP contribution in [0.15, 0.2) is 79.0 Å². The number of ether oxygens (including phenoxy) is 1. The van der Waals surface area contributed by atoms with Crippen LogP contribution in [0.25, 0.3) is 16.9 Å². The van der Waals surface area contributed by atoms with Crippen LogP contribution in [0.1, 0.15) is 23.2 Å². The lowest BCUT2D eigenvalue weighted by atomic mass is 10.2. The van der Waals surface area contributed by atoms with Crippen LogP contribution in [0.2, 0.25) is 5.02 Å². The van der Waals surface area contributed by atoms with Crippen LogP contribution in [0.3, 0.4) is 0 Å². The molecule has 1 heterocycles. The largest absolute Gasteiger partial charge is 0.497 e. The van der Waals surface area contributed by atoms with Gasteiger partial charge in [-0.1, -0.05) is 48.0 Å². The van der Waals surface area contributed by atoms with Gasteiger partial charge in [-0.3, -0.25) is 19.5 Å². The maximum absolute atomic E-state index is 13.8. The molecule has 0 aliphatic heterocycles. The Kier molecular flexibility index (Phi) is 6.92. The number of benzene rings is 3. The van der Waals surface area contributed by atoms with Gasteiger partial charge in [-0.2, -0.15) is 0 Å². The molecular weight excluding hydrogens is 495 g/mol. The van der Waals surface area contributed by atoms with Crippen LogP contribution in [0.4, 0.5) is 10.3 Å². The lowest BCUT2D eigenvalue weighted by molar-refractivity contribution is -0.117. The minimum absolute atomic E-state index is 0.0000178. The molecule has 4 aromatic rings. The highest BCUT2D eigenvalue weighted by atomic mass is 35.5. The molecule has 9 heteroatoms. The Bertz CT molecular complexity index is 1450. The minimum Gasteiger partial charge on any atom is -0.497 e. The Morgan fingerprint density at radius 2 is 1.89 bits per heavy atom. The highest BCUT2D eigenvalue weighted by molar-refractivity contribution is 6.30. The summed E-state index contributed by atoms with van der Waals surface area (Å²) >= 11 is 6.02. The van der Waals surface area contributed by atoms with E-state index in [1.165, 1.54) is 19.2 Å². The zero-order valence-electron chi connectivity index (χ0n) is 20.0. The predicted octanol–water partition coefficient (Wildman–Crippen LogP) is 5.58. The quantitative estimate of drug-likeness (QED) is 0.330. The number of rotatable bonds is 8. The number of carbonyl (C=O) groups is 2. The van der Waals surface area contributed by atoms with E-state index in [1.54, 1.807) is 46.0 Å². The summed E-state index contributed by atoms with van der Waals surface area (Å²) in [6.07, 6.45) is 3.42. The van der Waals surface area contributed by atoms with Crippen LogP contribution in [0, 0.1) is 5.82 Å². The molecule has 3 aromatic carbocycles. The maximum atomic E-state index is 13.8. The molecule has 0 spiro atoms. The molecule has 0 radical (unpaired) electrons. The van der Waals surface area contributed by atoms with Crippen LogP contribution in [-0.4, -0.2) is 46.0 Å². The van der Waals surface area contributed by atoms with Gasteiger partial charge < -0.3 is 9.64 Å². The van der Waals surface area contributed by atoms with E-state index in [-0.39, 0.29) is 29.5 Å². The molecule has 0 saturated heterocycles. The molecule has 2 amide bonds. The Balaban J connectivity index is 1.42. The number of halogens is 2. The lowest BCUT2D eigenvalue weighted by Crippen LogP contribution is -2.39. The highest BCUT2D eigenvalue weighted by Gasteiger charge is 2.34. The van der Waals surface area contributed by atoms with Crippen molar-refractivity contribution in [3.63, 3.8) is 0 Å². The molecule has 1 aliphatic rings. The summed E-state index contributed by atoms with van der Waals surface area (Å²) in [4.78, 5) is 32.6. The molecule has 1 fully saturated rings. The SMILES string of the molecule is COc1cccc(C(=O)N(CC(=O)Nc2nc(-c3ccccc3)cn2-c2ccc(F)c(Cl)c2)C2CC2)c1. The lowest BCUT2D eigenvalue weighted by Gasteiger charge is -2.22. The molecular formula is C28H24ClFN4O3.